The first-order valence-electron chi connectivity index (χ1n) is 8.58. The van der Waals surface area contributed by atoms with Crippen molar-refractivity contribution in [2.45, 2.75) is 19.8 Å². The number of hydrogen-bond acceptors (Lipinski definition) is 3. The summed E-state index contributed by atoms with van der Waals surface area (Å²) in [5.74, 6) is 0.500. The molecule has 3 aromatic rings. The van der Waals surface area contributed by atoms with Crippen molar-refractivity contribution in [1.82, 2.24) is 9.38 Å². The SMILES string of the molecule is Cc1ccc(C(=N)N=CC2CC2)cc1NC(=O)c1cnc2cccn2c1. The molecule has 1 aliphatic carbocycles. The highest BCUT2D eigenvalue weighted by atomic mass is 16.1. The standard InChI is InChI=1S/C20H19N5O/c1-13-4-7-15(19(21)23-10-14-5-6-14)9-17(13)24-20(26)16-11-22-18-3-2-8-25(18)12-16/h2-4,7-12,14,21H,5-6H2,1H3,(H,24,26). The molecule has 0 spiro atoms. The Balaban J connectivity index is 1.55. The van der Waals surface area contributed by atoms with Crippen LogP contribution in [0.5, 0.6) is 0 Å². The fourth-order valence-electron chi connectivity index (χ4n) is 2.64. The molecule has 0 bridgehead atoms. The molecule has 1 amide bonds. The number of hydrogen-bond donors (Lipinski definition) is 2. The van der Waals surface area contributed by atoms with Crippen LogP contribution in [0.3, 0.4) is 0 Å². The van der Waals surface area contributed by atoms with Crippen LogP contribution in [-0.4, -0.2) is 27.3 Å². The van der Waals surface area contributed by atoms with Gasteiger partial charge in [-0.15, -0.1) is 0 Å². The molecule has 26 heavy (non-hydrogen) atoms. The fourth-order valence-corrected chi connectivity index (χ4v) is 2.64. The molecule has 0 atom stereocenters. The van der Waals surface area contributed by atoms with Crippen LogP contribution in [0, 0.1) is 18.3 Å². The normalized spacial score (nSPS) is 14.0. The zero-order valence-electron chi connectivity index (χ0n) is 14.4. The minimum Gasteiger partial charge on any atom is -0.322 e. The quantitative estimate of drug-likeness (QED) is 0.558. The van der Waals surface area contributed by atoms with Gasteiger partial charge in [0.15, 0.2) is 5.84 Å². The van der Waals surface area contributed by atoms with E-state index in [0.29, 0.717) is 22.7 Å². The molecule has 0 unspecified atom stereocenters. The van der Waals surface area contributed by atoms with Crippen LogP contribution in [0.1, 0.15) is 34.3 Å². The molecule has 1 aromatic carbocycles. The van der Waals surface area contributed by atoms with E-state index in [0.717, 1.165) is 24.1 Å². The first-order valence-corrected chi connectivity index (χ1v) is 8.58. The summed E-state index contributed by atoms with van der Waals surface area (Å²) in [6.07, 6.45) is 9.32. The van der Waals surface area contributed by atoms with Crippen molar-refractivity contribution in [3.8, 4) is 0 Å². The van der Waals surface area contributed by atoms with E-state index in [-0.39, 0.29) is 11.7 Å². The number of amides is 1. The lowest BCUT2D eigenvalue weighted by atomic mass is 10.1. The Bertz CT molecular complexity index is 1030. The highest BCUT2D eigenvalue weighted by Gasteiger charge is 2.18. The zero-order valence-corrected chi connectivity index (χ0v) is 14.4. The third-order valence-electron chi connectivity index (χ3n) is 4.43. The number of aryl methyl sites for hydroxylation is 1. The smallest absolute Gasteiger partial charge is 0.258 e. The molecule has 1 fully saturated rings. The van der Waals surface area contributed by atoms with Gasteiger partial charge in [-0.1, -0.05) is 12.1 Å². The summed E-state index contributed by atoms with van der Waals surface area (Å²) < 4.78 is 1.81. The molecule has 2 heterocycles. The Kier molecular flexibility index (Phi) is 4.08. The maximum Gasteiger partial charge on any atom is 0.258 e. The van der Waals surface area contributed by atoms with Gasteiger partial charge in [-0.3, -0.25) is 10.2 Å². The van der Waals surface area contributed by atoms with Crippen LogP contribution in [-0.2, 0) is 0 Å². The van der Waals surface area contributed by atoms with Crippen LogP contribution < -0.4 is 5.32 Å². The summed E-state index contributed by atoms with van der Waals surface area (Å²) in [7, 11) is 0. The lowest BCUT2D eigenvalue weighted by molar-refractivity contribution is 0.102. The maximum absolute atomic E-state index is 12.6. The van der Waals surface area contributed by atoms with E-state index in [2.05, 4.69) is 15.3 Å². The third-order valence-corrected chi connectivity index (χ3v) is 4.43. The van der Waals surface area contributed by atoms with E-state index in [1.54, 1.807) is 22.9 Å². The second kappa shape index (κ2) is 6.55. The Labute approximate surface area is 151 Å². The minimum atomic E-state index is -0.235. The summed E-state index contributed by atoms with van der Waals surface area (Å²) in [6, 6.07) is 9.29. The van der Waals surface area contributed by atoms with Crippen LogP contribution in [0.15, 0.2) is 53.9 Å². The summed E-state index contributed by atoms with van der Waals surface area (Å²) in [4.78, 5) is 21.1. The Morgan fingerprint density at radius 1 is 1.35 bits per heavy atom. The Morgan fingerprint density at radius 3 is 3.00 bits per heavy atom. The molecule has 2 N–H and O–H groups in total. The predicted octanol–water partition coefficient (Wildman–Crippen LogP) is 3.70. The van der Waals surface area contributed by atoms with Gasteiger partial charge in [0.05, 0.1) is 5.56 Å². The zero-order chi connectivity index (χ0) is 18.1. The van der Waals surface area contributed by atoms with Gasteiger partial charge >= 0.3 is 0 Å². The lowest BCUT2D eigenvalue weighted by Gasteiger charge is -2.10. The largest absolute Gasteiger partial charge is 0.322 e. The second-order valence-corrected chi connectivity index (χ2v) is 6.56. The predicted molar refractivity (Wildman–Crippen MR) is 102 cm³/mol. The average molecular weight is 345 g/mol. The second-order valence-electron chi connectivity index (χ2n) is 6.56. The number of fused-ring (bicyclic) bond motifs is 1. The van der Waals surface area contributed by atoms with E-state index < -0.39 is 0 Å². The van der Waals surface area contributed by atoms with E-state index in [4.69, 9.17) is 5.41 Å². The number of nitrogens with one attached hydrogen (secondary N) is 2. The molecule has 6 nitrogen and oxygen atoms in total. The van der Waals surface area contributed by atoms with Crippen molar-refractivity contribution >= 4 is 29.3 Å². The number of benzene rings is 1. The summed E-state index contributed by atoms with van der Waals surface area (Å²) in [5.41, 5.74) is 3.55. The number of rotatable bonds is 4. The van der Waals surface area contributed by atoms with Crippen molar-refractivity contribution in [2.24, 2.45) is 10.9 Å². The molecular weight excluding hydrogens is 326 g/mol. The van der Waals surface area contributed by atoms with Crippen LogP contribution in [0.2, 0.25) is 0 Å². The highest BCUT2D eigenvalue weighted by molar-refractivity contribution is 6.06. The van der Waals surface area contributed by atoms with Crippen LogP contribution in [0.4, 0.5) is 5.69 Å². The van der Waals surface area contributed by atoms with Crippen LogP contribution >= 0.6 is 0 Å². The van der Waals surface area contributed by atoms with Crippen molar-refractivity contribution < 1.29 is 4.79 Å². The van der Waals surface area contributed by atoms with Gasteiger partial charge in [0, 0.05) is 36.1 Å². The number of anilines is 1. The third kappa shape index (κ3) is 3.39. The van der Waals surface area contributed by atoms with Gasteiger partial charge < -0.3 is 9.72 Å². The molecule has 1 saturated carbocycles. The van der Waals surface area contributed by atoms with Gasteiger partial charge in [0.25, 0.3) is 5.91 Å². The number of carbonyl (C=O) groups excluding carboxylic acids is 1. The summed E-state index contributed by atoms with van der Waals surface area (Å²) >= 11 is 0. The van der Waals surface area contributed by atoms with E-state index in [1.165, 1.54) is 0 Å². The molecule has 2 aromatic heterocycles. The molecule has 0 aliphatic heterocycles. The number of aliphatic imine (C=N–C) groups is 1. The van der Waals surface area contributed by atoms with Crippen molar-refractivity contribution in [2.75, 3.05) is 5.32 Å². The van der Waals surface area contributed by atoms with Crippen molar-refractivity contribution in [3.05, 3.63) is 65.6 Å². The minimum absolute atomic E-state index is 0.211. The molecule has 4 rings (SSSR count). The van der Waals surface area contributed by atoms with Crippen molar-refractivity contribution in [3.63, 3.8) is 0 Å². The van der Waals surface area contributed by atoms with E-state index >= 15 is 0 Å². The van der Waals surface area contributed by atoms with Gasteiger partial charge in [-0.25, -0.2) is 9.98 Å². The van der Waals surface area contributed by atoms with Gasteiger partial charge in [0.2, 0.25) is 0 Å². The molecule has 1 aliphatic rings. The Hall–Kier alpha value is -3.28. The first kappa shape index (κ1) is 16.2. The molecular formula is C20H19N5O. The molecule has 0 saturated heterocycles. The van der Waals surface area contributed by atoms with Gasteiger partial charge in [-0.2, -0.15) is 0 Å². The lowest BCUT2D eigenvalue weighted by Crippen LogP contribution is -2.14. The molecule has 6 heteroatoms. The summed E-state index contributed by atoms with van der Waals surface area (Å²) in [5, 5.41) is 11.0. The number of nitrogens with zero attached hydrogens (tertiary/aromatic N) is 3. The fraction of sp³-hybridized carbons (Fsp3) is 0.200. The number of aromatic nitrogens is 2. The average Bonchev–Trinajstić information content (AvgIpc) is 3.36. The van der Waals surface area contributed by atoms with Gasteiger partial charge in [-0.05, 0) is 49.4 Å². The van der Waals surface area contributed by atoms with E-state index in [1.807, 2.05) is 43.6 Å². The summed E-state index contributed by atoms with van der Waals surface area (Å²) in [6.45, 7) is 1.92. The monoisotopic (exact) mass is 345 g/mol. The van der Waals surface area contributed by atoms with Gasteiger partial charge in [0.1, 0.15) is 5.65 Å². The van der Waals surface area contributed by atoms with Crippen molar-refractivity contribution in [1.29, 1.82) is 5.41 Å². The topological polar surface area (TPSA) is 82.6 Å². The highest BCUT2D eigenvalue weighted by Crippen LogP contribution is 2.26. The molecule has 0 radical (unpaired) electrons. The first-order chi connectivity index (χ1) is 12.6. The van der Waals surface area contributed by atoms with E-state index in [9.17, 15) is 4.79 Å². The number of carbonyl (C=O) groups is 1. The van der Waals surface area contributed by atoms with Crippen LogP contribution in [0.25, 0.3) is 5.65 Å². The maximum atomic E-state index is 12.6. The Morgan fingerprint density at radius 2 is 2.19 bits per heavy atom. The molecule has 130 valence electrons. The number of amidine groups is 1.